The van der Waals surface area contributed by atoms with Gasteiger partial charge >= 0.3 is 0 Å². The van der Waals surface area contributed by atoms with Crippen molar-refractivity contribution in [1.82, 2.24) is 24.1 Å². The summed E-state index contributed by atoms with van der Waals surface area (Å²) in [5, 5.41) is 6.94. The molecular formula is C57H35N5O. The zero-order valence-corrected chi connectivity index (χ0v) is 33.9. The van der Waals surface area contributed by atoms with Crippen LogP contribution in [0.4, 0.5) is 0 Å². The van der Waals surface area contributed by atoms with Gasteiger partial charge in [-0.2, -0.15) is 0 Å². The highest BCUT2D eigenvalue weighted by molar-refractivity contribution is 6.14. The molecule has 0 spiro atoms. The molecule has 0 N–H and O–H groups in total. The van der Waals surface area contributed by atoms with Crippen LogP contribution in [0.25, 0.3) is 122 Å². The summed E-state index contributed by atoms with van der Waals surface area (Å²) < 4.78 is 11.1. The Morgan fingerprint density at radius 3 is 1.51 bits per heavy atom. The number of benzene rings is 9. The minimum Gasteiger partial charge on any atom is -0.456 e. The van der Waals surface area contributed by atoms with Crippen molar-refractivity contribution in [2.75, 3.05) is 0 Å². The van der Waals surface area contributed by atoms with E-state index < -0.39 is 0 Å². The molecule has 0 aliphatic heterocycles. The summed E-state index contributed by atoms with van der Waals surface area (Å²) in [5.41, 5.74) is 13.1. The molecule has 294 valence electrons. The van der Waals surface area contributed by atoms with Crippen molar-refractivity contribution in [1.29, 1.82) is 0 Å². The SMILES string of the molecule is c1ccc(-c2nc(-c3ccccc3)nc(-c3cc(-c4cccc5oc6ccccc6c45)ccc3-n3c4ccccc4c4cc(-n5c6ccccc6c6ccccc65)ccc43)n2)cc1. The van der Waals surface area contributed by atoms with Crippen LogP contribution >= 0.6 is 0 Å². The van der Waals surface area contributed by atoms with Crippen LogP contribution in [0.2, 0.25) is 0 Å². The molecule has 0 amide bonds. The summed E-state index contributed by atoms with van der Waals surface area (Å²) in [6.45, 7) is 0. The first-order chi connectivity index (χ1) is 31.2. The lowest BCUT2D eigenvalue weighted by molar-refractivity contribution is 0.669. The third kappa shape index (κ3) is 5.55. The lowest BCUT2D eigenvalue weighted by atomic mass is 9.96. The number of rotatable bonds is 6. The molecule has 0 atom stereocenters. The van der Waals surface area contributed by atoms with E-state index in [0.29, 0.717) is 17.5 Å². The number of hydrogen-bond acceptors (Lipinski definition) is 4. The van der Waals surface area contributed by atoms with Crippen molar-refractivity contribution in [3.63, 3.8) is 0 Å². The van der Waals surface area contributed by atoms with E-state index in [9.17, 15) is 0 Å². The van der Waals surface area contributed by atoms with E-state index >= 15 is 0 Å². The van der Waals surface area contributed by atoms with Gasteiger partial charge in [-0.25, -0.2) is 15.0 Å². The fourth-order valence-corrected chi connectivity index (χ4v) is 9.58. The number of nitrogens with zero attached hydrogens (tertiary/aromatic N) is 5. The Hall–Kier alpha value is -8.61. The van der Waals surface area contributed by atoms with Crippen molar-refractivity contribution in [2.45, 2.75) is 0 Å². The van der Waals surface area contributed by atoms with Gasteiger partial charge in [-0.15, -0.1) is 0 Å². The van der Waals surface area contributed by atoms with Crippen molar-refractivity contribution in [2.24, 2.45) is 0 Å². The summed E-state index contributed by atoms with van der Waals surface area (Å²) >= 11 is 0. The molecule has 0 aliphatic rings. The maximum atomic E-state index is 6.38. The van der Waals surface area contributed by atoms with Crippen LogP contribution in [0.15, 0.2) is 217 Å². The van der Waals surface area contributed by atoms with Gasteiger partial charge in [-0.1, -0.05) is 152 Å². The monoisotopic (exact) mass is 805 g/mol. The molecule has 4 heterocycles. The summed E-state index contributed by atoms with van der Waals surface area (Å²) in [6, 6.07) is 74.5. The summed E-state index contributed by atoms with van der Waals surface area (Å²) in [6.07, 6.45) is 0. The van der Waals surface area contributed by atoms with Gasteiger partial charge in [0.25, 0.3) is 0 Å². The average Bonchev–Trinajstić information content (AvgIpc) is 4.02. The zero-order valence-electron chi connectivity index (χ0n) is 33.9. The van der Waals surface area contributed by atoms with Gasteiger partial charge in [0.1, 0.15) is 11.2 Å². The minimum absolute atomic E-state index is 0.580. The number of hydrogen-bond donors (Lipinski definition) is 0. The number of furan rings is 1. The Morgan fingerprint density at radius 1 is 0.317 bits per heavy atom. The molecule has 0 saturated carbocycles. The highest BCUT2D eigenvalue weighted by Gasteiger charge is 2.22. The van der Waals surface area contributed by atoms with E-state index in [-0.39, 0.29) is 0 Å². The molecule has 13 aromatic rings. The van der Waals surface area contributed by atoms with Gasteiger partial charge in [-0.05, 0) is 71.8 Å². The second-order valence-corrected chi connectivity index (χ2v) is 16.0. The second-order valence-electron chi connectivity index (χ2n) is 16.0. The van der Waals surface area contributed by atoms with Gasteiger partial charge in [-0.3, -0.25) is 0 Å². The van der Waals surface area contributed by atoms with Crippen LogP contribution in [0.1, 0.15) is 0 Å². The summed E-state index contributed by atoms with van der Waals surface area (Å²) in [5.74, 6) is 1.80. The average molecular weight is 806 g/mol. The van der Waals surface area contributed by atoms with Gasteiger partial charge in [0.2, 0.25) is 0 Å². The van der Waals surface area contributed by atoms with Gasteiger partial charge in [0.15, 0.2) is 17.5 Å². The molecule has 4 aromatic heterocycles. The van der Waals surface area contributed by atoms with Crippen LogP contribution in [0.5, 0.6) is 0 Å². The first kappa shape index (κ1) is 35.2. The number of fused-ring (bicyclic) bond motifs is 9. The van der Waals surface area contributed by atoms with Gasteiger partial charge < -0.3 is 13.6 Å². The van der Waals surface area contributed by atoms with Crippen LogP contribution in [0, 0.1) is 0 Å². The number of para-hydroxylation sites is 4. The topological polar surface area (TPSA) is 61.7 Å². The normalized spacial score (nSPS) is 11.8. The standard InChI is InChI=1S/C57H35N5O/c1-3-16-36(17-4-1)55-58-56(37-18-5-2-6-19-37)60-57(59-55)46-34-38(40-24-15-29-53-54(40)44-23-10-14-28-52(44)63-53)30-32-51(46)62-49-27-13-9-22-43(49)45-35-39(31-33-50(45)62)61-47-25-11-7-20-41(47)42-21-8-12-26-48(42)61/h1-35H. The third-order valence-corrected chi connectivity index (χ3v) is 12.4. The number of aromatic nitrogens is 5. The van der Waals surface area contributed by atoms with Crippen LogP contribution < -0.4 is 0 Å². The predicted octanol–water partition coefficient (Wildman–Crippen LogP) is 14.6. The Kier molecular flexibility index (Phi) is 7.80. The Morgan fingerprint density at radius 2 is 0.841 bits per heavy atom. The second kappa shape index (κ2) is 14.0. The van der Waals surface area contributed by atoms with Gasteiger partial charge in [0, 0.05) is 54.7 Å². The molecular weight excluding hydrogens is 771 g/mol. The molecule has 9 aromatic carbocycles. The lowest BCUT2D eigenvalue weighted by Crippen LogP contribution is -2.04. The maximum Gasteiger partial charge on any atom is 0.166 e. The largest absolute Gasteiger partial charge is 0.456 e. The van der Waals surface area contributed by atoms with E-state index in [1.165, 1.54) is 21.8 Å². The molecule has 13 rings (SSSR count). The van der Waals surface area contributed by atoms with Crippen molar-refractivity contribution < 1.29 is 4.42 Å². The smallest absolute Gasteiger partial charge is 0.166 e. The minimum atomic E-state index is 0.580. The zero-order chi connectivity index (χ0) is 41.4. The fourth-order valence-electron chi connectivity index (χ4n) is 9.58. The van der Waals surface area contributed by atoms with Crippen LogP contribution in [-0.2, 0) is 0 Å². The highest BCUT2D eigenvalue weighted by Crippen LogP contribution is 2.42. The molecule has 6 heteroatoms. The van der Waals surface area contributed by atoms with Crippen molar-refractivity contribution in [3.05, 3.63) is 212 Å². The van der Waals surface area contributed by atoms with Crippen molar-refractivity contribution in [3.8, 4) is 56.7 Å². The molecule has 0 radical (unpaired) electrons. The summed E-state index contributed by atoms with van der Waals surface area (Å²) in [4.78, 5) is 15.7. The molecule has 0 aliphatic carbocycles. The molecule has 6 nitrogen and oxygen atoms in total. The van der Waals surface area contributed by atoms with E-state index in [4.69, 9.17) is 19.4 Å². The molecule has 63 heavy (non-hydrogen) atoms. The quantitative estimate of drug-likeness (QED) is 0.168. The molecule has 0 fully saturated rings. The fraction of sp³-hybridized carbons (Fsp3) is 0. The molecule has 0 unspecified atom stereocenters. The van der Waals surface area contributed by atoms with Crippen LogP contribution in [-0.4, -0.2) is 24.1 Å². The van der Waals surface area contributed by atoms with Gasteiger partial charge in [0.05, 0.1) is 27.8 Å². The van der Waals surface area contributed by atoms with E-state index in [2.05, 4.69) is 167 Å². The first-order valence-corrected chi connectivity index (χ1v) is 21.2. The van der Waals surface area contributed by atoms with E-state index in [0.717, 1.165) is 82.9 Å². The Bertz CT molecular complexity index is 3810. The lowest BCUT2D eigenvalue weighted by Gasteiger charge is -2.17. The third-order valence-electron chi connectivity index (χ3n) is 12.4. The highest BCUT2D eigenvalue weighted by atomic mass is 16.3. The molecule has 0 saturated heterocycles. The maximum absolute atomic E-state index is 6.38. The molecule has 0 bridgehead atoms. The Labute approximate surface area is 361 Å². The first-order valence-electron chi connectivity index (χ1n) is 21.2. The predicted molar refractivity (Wildman–Crippen MR) is 258 cm³/mol. The van der Waals surface area contributed by atoms with Crippen LogP contribution in [0.3, 0.4) is 0 Å². The Balaban J connectivity index is 1.10. The van der Waals surface area contributed by atoms with E-state index in [1.54, 1.807) is 0 Å². The van der Waals surface area contributed by atoms with Crippen molar-refractivity contribution >= 4 is 65.6 Å². The van der Waals surface area contributed by atoms with E-state index in [1.807, 2.05) is 54.6 Å². The summed E-state index contributed by atoms with van der Waals surface area (Å²) in [7, 11) is 0.